The molecular formula is C15H18N6. The highest BCUT2D eigenvalue weighted by molar-refractivity contribution is 5.85. The van der Waals surface area contributed by atoms with E-state index in [9.17, 15) is 0 Å². The van der Waals surface area contributed by atoms with Crippen LogP contribution in [0.5, 0.6) is 0 Å². The van der Waals surface area contributed by atoms with Gasteiger partial charge in [0, 0.05) is 12.2 Å². The Bertz CT molecular complexity index is 782. The number of hydrogen-bond donors (Lipinski definition) is 1. The Morgan fingerprint density at radius 2 is 1.81 bits per heavy atom. The number of nitrogens with one attached hydrogen (secondary N) is 1. The Kier molecular flexibility index (Phi) is 3.29. The minimum atomic E-state index is 0.690. The summed E-state index contributed by atoms with van der Waals surface area (Å²) in [5.41, 5.74) is 6.12. The normalized spacial score (nSPS) is 11.0. The number of nitrogens with zero attached hydrogens (tertiary/aromatic N) is 5. The zero-order valence-electron chi connectivity index (χ0n) is 12.7. The van der Waals surface area contributed by atoms with E-state index in [-0.39, 0.29) is 0 Å². The summed E-state index contributed by atoms with van der Waals surface area (Å²) >= 11 is 0. The molecule has 2 heterocycles. The second kappa shape index (κ2) is 5.12. The minimum Gasteiger partial charge on any atom is -0.338 e. The first-order valence-electron chi connectivity index (χ1n) is 6.99. The molecule has 0 aliphatic carbocycles. The lowest BCUT2D eigenvalue weighted by Crippen LogP contribution is -2.01. The highest BCUT2D eigenvalue weighted by atomic mass is 15.4. The van der Waals surface area contributed by atoms with Crippen LogP contribution in [-0.2, 0) is 6.54 Å². The van der Waals surface area contributed by atoms with Crippen molar-refractivity contribution in [3.8, 4) is 0 Å². The highest BCUT2D eigenvalue weighted by Gasteiger charge is 2.12. The first kappa shape index (κ1) is 13.5. The largest absolute Gasteiger partial charge is 0.338 e. The standard InChI is InChI=1S/C15H18N6/c1-5-21-15-13(19-20-21)14(16-8-17-15)18-12-10(3)6-9(2)7-11(12)4/h6-8H,5H2,1-4H3,(H,16,17,18). The third-order valence-corrected chi connectivity index (χ3v) is 3.52. The van der Waals surface area contributed by atoms with Crippen LogP contribution in [0.2, 0.25) is 0 Å². The van der Waals surface area contributed by atoms with Crippen LogP contribution in [-0.4, -0.2) is 25.0 Å². The lowest BCUT2D eigenvalue weighted by molar-refractivity contribution is 0.641. The fourth-order valence-corrected chi connectivity index (χ4v) is 2.59. The van der Waals surface area contributed by atoms with Crippen LogP contribution in [0.3, 0.4) is 0 Å². The van der Waals surface area contributed by atoms with Gasteiger partial charge in [0.2, 0.25) is 0 Å². The molecule has 1 N–H and O–H groups in total. The SMILES string of the molecule is CCn1nnc2c(Nc3c(C)cc(C)cc3C)ncnc21. The number of aryl methyl sites for hydroxylation is 4. The molecule has 3 aromatic rings. The van der Waals surface area contributed by atoms with Crippen LogP contribution in [0.1, 0.15) is 23.6 Å². The van der Waals surface area contributed by atoms with Gasteiger partial charge in [-0.05, 0) is 38.8 Å². The van der Waals surface area contributed by atoms with Gasteiger partial charge in [0.15, 0.2) is 17.0 Å². The van der Waals surface area contributed by atoms with E-state index in [1.54, 1.807) is 11.0 Å². The Labute approximate surface area is 123 Å². The second-order valence-corrected chi connectivity index (χ2v) is 5.20. The summed E-state index contributed by atoms with van der Waals surface area (Å²) in [5, 5.41) is 11.7. The predicted octanol–water partition coefficient (Wildman–Crippen LogP) is 2.91. The average molecular weight is 282 g/mol. The molecule has 108 valence electrons. The summed E-state index contributed by atoms with van der Waals surface area (Å²) in [6.07, 6.45) is 1.54. The fraction of sp³-hybridized carbons (Fsp3) is 0.333. The fourth-order valence-electron chi connectivity index (χ4n) is 2.59. The lowest BCUT2D eigenvalue weighted by atomic mass is 10.1. The van der Waals surface area contributed by atoms with Gasteiger partial charge in [-0.1, -0.05) is 22.9 Å². The van der Waals surface area contributed by atoms with Gasteiger partial charge in [-0.3, -0.25) is 0 Å². The van der Waals surface area contributed by atoms with E-state index >= 15 is 0 Å². The Morgan fingerprint density at radius 3 is 2.48 bits per heavy atom. The van der Waals surface area contributed by atoms with Crippen molar-refractivity contribution in [2.45, 2.75) is 34.2 Å². The molecule has 6 nitrogen and oxygen atoms in total. The van der Waals surface area contributed by atoms with Crippen LogP contribution < -0.4 is 5.32 Å². The monoisotopic (exact) mass is 282 g/mol. The molecule has 0 fully saturated rings. The lowest BCUT2D eigenvalue weighted by Gasteiger charge is -2.13. The van der Waals surface area contributed by atoms with E-state index < -0.39 is 0 Å². The summed E-state index contributed by atoms with van der Waals surface area (Å²) in [7, 11) is 0. The van der Waals surface area contributed by atoms with Gasteiger partial charge in [-0.25, -0.2) is 14.6 Å². The van der Waals surface area contributed by atoms with Crippen LogP contribution in [0, 0.1) is 20.8 Å². The van der Waals surface area contributed by atoms with Gasteiger partial charge >= 0.3 is 0 Å². The summed E-state index contributed by atoms with van der Waals surface area (Å²) in [4.78, 5) is 8.58. The summed E-state index contributed by atoms with van der Waals surface area (Å²) < 4.78 is 1.76. The quantitative estimate of drug-likeness (QED) is 0.800. The molecule has 0 aliphatic rings. The summed E-state index contributed by atoms with van der Waals surface area (Å²) in [6.45, 7) is 9.01. The van der Waals surface area contributed by atoms with Crippen LogP contribution >= 0.6 is 0 Å². The maximum absolute atomic E-state index is 4.32. The van der Waals surface area contributed by atoms with Crippen molar-refractivity contribution in [3.05, 3.63) is 35.2 Å². The van der Waals surface area contributed by atoms with E-state index in [1.165, 1.54) is 16.7 Å². The van der Waals surface area contributed by atoms with Gasteiger partial charge < -0.3 is 5.32 Å². The van der Waals surface area contributed by atoms with Gasteiger partial charge in [0.05, 0.1) is 0 Å². The molecule has 0 bridgehead atoms. The second-order valence-electron chi connectivity index (χ2n) is 5.20. The molecule has 21 heavy (non-hydrogen) atoms. The van der Waals surface area contributed by atoms with Crippen molar-refractivity contribution in [2.24, 2.45) is 0 Å². The topological polar surface area (TPSA) is 68.5 Å². The van der Waals surface area contributed by atoms with Crippen LogP contribution in [0.4, 0.5) is 11.5 Å². The van der Waals surface area contributed by atoms with Crippen molar-refractivity contribution in [3.63, 3.8) is 0 Å². The molecule has 0 spiro atoms. The smallest absolute Gasteiger partial charge is 0.183 e. The van der Waals surface area contributed by atoms with Crippen LogP contribution in [0.15, 0.2) is 18.5 Å². The van der Waals surface area contributed by atoms with E-state index in [4.69, 9.17) is 0 Å². The maximum Gasteiger partial charge on any atom is 0.183 e. The molecule has 1 aromatic carbocycles. The zero-order chi connectivity index (χ0) is 15.0. The average Bonchev–Trinajstić information content (AvgIpc) is 2.86. The minimum absolute atomic E-state index is 0.690. The summed E-state index contributed by atoms with van der Waals surface area (Å²) in [6, 6.07) is 4.30. The van der Waals surface area contributed by atoms with Crippen molar-refractivity contribution in [1.82, 2.24) is 25.0 Å². The molecule has 0 saturated carbocycles. The zero-order valence-corrected chi connectivity index (χ0v) is 12.7. The van der Waals surface area contributed by atoms with Gasteiger partial charge in [-0.15, -0.1) is 5.10 Å². The molecule has 0 amide bonds. The first-order chi connectivity index (χ1) is 10.1. The van der Waals surface area contributed by atoms with Crippen molar-refractivity contribution in [2.75, 3.05) is 5.32 Å². The van der Waals surface area contributed by atoms with Crippen LogP contribution in [0.25, 0.3) is 11.2 Å². The molecular weight excluding hydrogens is 264 g/mol. The number of hydrogen-bond acceptors (Lipinski definition) is 5. The number of aromatic nitrogens is 5. The molecule has 2 aromatic heterocycles. The molecule has 0 saturated heterocycles. The molecule has 6 heteroatoms. The molecule has 0 aliphatic heterocycles. The van der Waals surface area contributed by atoms with E-state index in [1.807, 2.05) is 6.92 Å². The third-order valence-electron chi connectivity index (χ3n) is 3.52. The third kappa shape index (κ3) is 2.33. The van der Waals surface area contributed by atoms with E-state index in [0.29, 0.717) is 11.3 Å². The van der Waals surface area contributed by atoms with Gasteiger partial charge in [0.25, 0.3) is 0 Å². The number of anilines is 2. The molecule has 3 rings (SSSR count). The predicted molar refractivity (Wildman–Crippen MR) is 82.7 cm³/mol. The highest BCUT2D eigenvalue weighted by Crippen LogP contribution is 2.27. The summed E-state index contributed by atoms with van der Waals surface area (Å²) in [5.74, 6) is 0.690. The van der Waals surface area contributed by atoms with E-state index in [2.05, 4.69) is 58.5 Å². The number of benzene rings is 1. The van der Waals surface area contributed by atoms with Gasteiger partial charge in [0.1, 0.15) is 6.33 Å². The van der Waals surface area contributed by atoms with Crippen molar-refractivity contribution in [1.29, 1.82) is 0 Å². The van der Waals surface area contributed by atoms with E-state index in [0.717, 1.165) is 17.9 Å². The Morgan fingerprint density at radius 1 is 1.10 bits per heavy atom. The van der Waals surface area contributed by atoms with Gasteiger partial charge in [-0.2, -0.15) is 0 Å². The van der Waals surface area contributed by atoms with Crippen molar-refractivity contribution >= 4 is 22.7 Å². The Balaban J connectivity index is 2.09. The molecule has 0 atom stereocenters. The Hall–Kier alpha value is -2.50. The first-order valence-corrected chi connectivity index (χ1v) is 6.99. The molecule has 0 radical (unpaired) electrons. The van der Waals surface area contributed by atoms with Crippen molar-refractivity contribution < 1.29 is 0 Å². The molecule has 0 unspecified atom stereocenters. The maximum atomic E-state index is 4.32. The number of rotatable bonds is 3. The number of fused-ring (bicyclic) bond motifs is 1.